The molecule has 0 aromatic carbocycles. The Kier molecular flexibility index (Phi) is 47.7. The van der Waals surface area contributed by atoms with E-state index >= 15 is 0 Å². The maximum Gasteiger partial charge on any atom is 0.305 e. The van der Waals surface area contributed by atoms with Gasteiger partial charge in [-0.05, 0) is 83.5 Å². The van der Waals surface area contributed by atoms with Gasteiger partial charge < -0.3 is 20.3 Å². The van der Waals surface area contributed by atoms with Crippen LogP contribution in [0.4, 0.5) is 0 Å². The van der Waals surface area contributed by atoms with Gasteiger partial charge in [0.15, 0.2) is 0 Å². The first-order valence-corrected chi connectivity index (χ1v) is 25.9. The molecular formula is C54H99NO5. The molecule has 2 unspecified atom stereocenters. The Morgan fingerprint density at radius 1 is 0.467 bits per heavy atom. The molecule has 2 atom stereocenters. The van der Waals surface area contributed by atoms with Crippen LogP contribution in [0.5, 0.6) is 0 Å². The molecule has 0 spiro atoms. The van der Waals surface area contributed by atoms with Crippen LogP contribution in [0.15, 0.2) is 48.6 Å². The predicted molar refractivity (Wildman–Crippen MR) is 259 cm³/mol. The van der Waals surface area contributed by atoms with Crippen molar-refractivity contribution < 1.29 is 24.5 Å². The first-order chi connectivity index (χ1) is 29.5. The van der Waals surface area contributed by atoms with Gasteiger partial charge in [0.2, 0.25) is 5.91 Å². The van der Waals surface area contributed by atoms with E-state index in [0.717, 1.165) is 77.0 Å². The number of nitrogens with one attached hydrogen (secondary N) is 1. The van der Waals surface area contributed by atoms with E-state index in [2.05, 4.69) is 55.6 Å². The lowest BCUT2D eigenvalue weighted by Gasteiger charge is -2.20. The van der Waals surface area contributed by atoms with Crippen molar-refractivity contribution in [2.45, 2.75) is 270 Å². The lowest BCUT2D eigenvalue weighted by atomic mass is 10.0. The van der Waals surface area contributed by atoms with Crippen molar-refractivity contribution in [2.75, 3.05) is 13.2 Å². The molecule has 3 N–H and O–H groups in total. The topological polar surface area (TPSA) is 95.9 Å². The number of hydrogen-bond acceptors (Lipinski definition) is 5. The molecule has 0 rings (SSSR count). The monoisotopic (exact) mass is 842 g/mol. The molecule has 0 aliphatic carbocycles. The fourth-order valence-corrected chi connectivity index (χ4v) is 7.54. The van der Waals surface area contributed by atoms with E-state index in [4.69, 9.17) is 4.74 Å². The number of allylic oxidation sites excluding steroid dienone is 7. The number of amides is 1. The van der Waals surface area contributed by atoms with E-state index in [1.807, 2.05) is 6.08 Å². The van der Waals surface area contributed by atoms with Crippen molar-refractivity contribution in [2.24, 2.45) is 0 Å². The number of unbranched alkanes of at least 4 members (excludes halogenated alkanes) is 31. The van der Waals surface area contributed by atoms with Crippen LogP contribution >= 0.6 is 0 Å². The van der Waals surface area contributed by atoms with Gasteiger partial charge in [0.1, 0.15) is 0 Å². The molecule has 0 aliphatic heterocycles. The smallest absolute Gasteiger partial charge is 0.305 e. The number of carbonyl (C=O) groups is 2. The Labute approximate surface area is 372 Å². The van der Waals surface area contributed by atoms with Crippen molar-refractivity contribution in [3.8, 4) is 0 Å². The maximum atomic E-state index is 12.4. The van der Waals surface area contributed by atoms with Crippen molar-refractivity contribution in [3.05, 3.63) is 48.6 Å². The number of carbonyl (C=O) groups excluding carboxylic acids is 2. The Bertz CT molecular complexity index is 1020. The second kappa shape index (κ2) is 49.5. The van der Waals surface area contributed by atoms with Crippen LogP contribution < -0.4 is 5.32 Å². The molecule has 60 heavy (non-hydrogen) atoms. The Balaban J connectivity index is 3.59. The van der Waals surface area contributed by atoms with Crippen LogP contribution in [0.25, 0.3) is 0 Å². The van der Waals surface area contributed by atoms with Crippen LogP contribution in [0.1, 0.15) is 258 Å². The summed E-state index contributed by atoms with van der Waals surface area (Å²) in [7, 11) is 0. The van der Waals surface area contributed by atoms with Crippen molar-refractivity contribution in [1.82, 2.24) is 5.32 Å². The van der Waals surface area contributed by atoms with Crippen LogP contribution in [-0.2, 0) is 14.3 Å². The normalized spacial score (nSPS) is 13.1. The molecule has 0 heterocycles. The van der Waals surface area contributed by atoms with Crippen LogP contribution in [0.3, 0.4) is 0 Å². The quantitative estimate of drug-likeness (QED) is 0.0245. The number of aliphatic hydroxyl groups excluding tert-OH is 2. The molecule has 350 valence electrons. The molecular weight excluding hydrogens is 743 g/mol. The third kappa shape index (κ3) is 45.3. The minimum absolute atomic E-state index is 0.0347. The van der Waals surface area contributed by atoms with Gasteiger partial charge >= 0.3 is 5.97 Å². The van der Waals surface area contributed by atoms with Crippen LogP contribution in [0.2, 0.25) is 0 Å². The van der Waals surface area contributed by atoms with Crippen molar-refractivity contribution in [1.29, 1.82) is 0 Å². The van der Waals surface area contributed by atoms with Crippen LogP contribution in [0, 0.1) is 0 Å². The number of rotatable bonds is 47. The van der Waals surface area contributed by atoms with Gasteiger partial charge in [0.05, 0.1) is 25.4 Å². The minimum Gasteiger partial charge on any atom is -0.466 e. The van der Waals surface area contributed by atoms with E-state index in [-0.39, 0.29) is 18.5 Å². The van der Waals surface area contributed by atoms with Gasteiger partial charge in [-0.25, -0.2) is 0 Å². The summed E-state index contributed by atoms with van der Waals surface area (Å²) in [4.78, 5) is 24.4. The first kappa shape index (κ1) is 57.8. The molecule has 0 aromatic rings. The third-order valence-corrected chi connectivity index (χ3v) is 11.6. The maximum absolute atomic E-state index is 12.4. The van der Waals surface area contributed by atoms with E-state index in [0.29, 0.717) is 19.4 Å². The van der Waals surface area contributed by atoms with Gasteiger partial charge in [0, 0.05) is 12.8 Å². The van der Waals surface area contributed by atoms with E-state index in [1.165, 1.54) is 154 Å². The summed E-state index contributed by atoms with van der Waals surface area (Å²) in [6.45, 7) is 4.80. The molecule has 6 nitrogen and oxygen atoms in total. The zero-order chi connectivity index (χ0) is 43.7. The molecule has 6 heteroatoms. The largest absolute Gasteiger partial charge is 0.466 e. The SMILES string of the molecule is CCCC/C=C\CCCCCCCC(=O)OCCCCC/C=C\C=C/CCCCCCCCC(=O)NC(CO)C(O)/C=C/CCCCCCCCCCCCCCCCC. The summed E-state index contributed by atoms with van der Waals surface area (Å²) >= 11 is 0. The Morgan fingerprint density at radius 3 is 1.33 bits per heavy atom. The van der Waals surface area contributed by atoms with Crippen molar-refractivity contribution >= 4 is 11.9 Å². The molecule has 1 amide bonds. The average molecular weight is 842 g/mol. The van der Waals surface area contributed by atoms with E-state index in [1.54, 1.807) is 6.08 Å². The summed E-state index contributed by atoms with van der Waals surface area (Å²) in [6, 6.07) is -0.645. The number of esters is 1. The zero-order valence-electron chi connectivity index (χ0n) is 39.7. The summed E-state index contributed by atoms with van der Waals surface area (Å²) in [5, 5.41) is 23.1. The lowest BCUT2D eigenvalue weighted by Crippen LogP contribution is -2.45. The van der Waals surface area contributed by atoms with Gasteiger partial charge in [-0.1, -0.05) is 210 Å². The van der Waals surface area contributed by atoms with Crippen LogP contribution in [-0.4, -0.2) is 47.4 Å². The number of ether oxygens (including phenoxy) is 1. The highest BCUT2D eigenvalue weighted by atomic mass is 16.5. The highest BCUT2D eigenvalue weighted by molar-refractivity contribution is 5.76. The first-order valence-electron chi connectivity index (χ1n) is 25.9. The molecule has 0 bridgehead atoms. The number of hydrogen-bond donors (Lipinski definition) is 3. The minimum atomic E-state index is -0.860. The highest BCUT2D eigenvalue weighted by Gasteiger charge is 2.18. The van der Waals surface area contributed by atoms with Gasteiger partial charge in [-0.15, -0.1) is 0 Å². The number of aliphatic hydroxyl groups is 2. The second-order valence-corrected chi connectivity index (χ2v) is 17.5. The molecule has 0 saturated carbocycles. The van der Waals surface area contributed by atoms with Crippen molar-refractivity contribution in [3.63, 3.8) is 0 Å². The lowest BCUT2D eigenvalue weighted by molar-refractivity contribution is -0.143. The fourth-order valence-electron chi connectivity index (χ4n) is 7.54. The third-order valence-electron chi connectivity index (χ3n) is 11.6. The predicted octanol–water partition coefficient (Wildman–Crippen LogP) is 15.5. The standard InChI is InChI=1S/C54H99NO5/c1-3-5-7-9-11-13-15-16-17-18-20-23-27-30-34-38-42-46-52(57)51(50-56)55-53(58)47-43-39-35-31-28-24-21-19-22-25-29-33-37-41-45-49-60-54(59)48-44-40-36-32-26-14-12-10-8-6-4-2/h10,12,19,22,25,29,42,46,51-52,56-57H,3-9,11,13-18,20-21,23-24,26-28,30-41,43-45,47-50H2,1-2H3,(H,55,58)/b12-10-,22-19-,29-25-,46-42+. The Hall–Kier alpha value is -2.18. The average Bonchev–Trinajstić information content (AvgIpc) is 3.25. The zero-order valence-corrected chi connectivity index (χ0v) is 39.7. The molecule has 0 fully saturated rings. The molecule has 0 radical (unpaired) electrons. The molecule has 0 aromatic heterocycles. The summed E-state index contributed by atoms with van der Waals surface area (Å²) in [5.41, 5.74) is 0. The summed E-state index contributed by atoms with van der Waals surface area (Å²) < 4.78 is 5.41. The fraction of sp³-hybridized carbons (Fsp3) is 0.815. The van der Waals surface area contributed by atoms with E-state index < -0.39 is 12.1 Å². The molecule has 0 saturated heterocycles. The van der Waals surface area contributed by atoms with Gasteiger partial charge in [-0.2, -0.15) is 0 Å². The summed E-state index contributed by atoms with van der Waals surface area (Å²) in [6.07, 6.45) is 61.1. The van der Waals surface area contributed by atoms with Gasteiger partial charge in [-0.3, -0.25) is 9.59 Å². The summed E-state index contributed by atoms with van der Waals surface area (Å²) in [5.74, 6) is -0.126. The highest BCUT2D eigenvalue weighted by Crippen LogP contribution is 2.15. The Morgan fingerprint density at radius 2 is 0.850 bits per heavy atom. The molecule has 0 aliphatic rings. The van der Waals surface area contributed by atoms with Gasteiger partial charge in [0.25, 0.3) is 0 Å². The second-order valence-electron chi connectivity index (χ2n) is 17.5. The van der Waals surface area contributed by atoms with E-state index in [9.17, 15) is 19.8 Å².